The van der Waals surface area contributed by atoms with E-state index >= 15 is 0 Å². The number of rotatable bonds is 15. The van der Waals surface area contributed by atoms with Gasteiger partial charge in [-0.05, 0) is 69.5 Å². The highest BCUT2D eigenvalue weighted by molar-refractivity contribution is 7.56. The second kappa shape index (κ2) is 14.1. The Morgan fingerprint density at radius 2 is 1.76 bits per heavy atom. The molecule has 0 aromatic heterocycles. The molecule has 218 valence electrons. The van der Waals surface area contributed by atoms with Crippen molar-refractivity contribution in [1.82, 2.24) is 10.2 Å². The van der Waals surface area contributed by atoms with Crippen molar-refractivity contribution in [3.63, 3.8) is 0 Å². The molecular weight excluding hydrogens is 527 g/mol. The van der Waals surface area contributed by atoms with Crippen molar-refractivity contribution in [1.29, 1.82) is 0 Å². The molecule has 0 radical (unpaired) electrons. The lowest BCUT2D eigenvalue weighted by Gasteiger charge is -2.44. The van der Waals surface area contributed by atoms with Gasteiger partial charge in [-0.1, -0.05) is 39.3 Å². The van der Waals surface area contributed by atoms with Crippen LogP contribution in [0.5, 0.6) is 5.75 Å². The van der Waals surface area contributed by atoms with Crippen molar-refractivity contribution in [2.45, 2.75) is 84.6 Å². The molecule has 1 aromatic carbocycles. The van der Waals surface area contributed by atoms with E-state index in [1.807, 2.05) is 19.1 Å². The molecule has 38 heavy (non-hydrogen) atoms. The monoisotopic (exact) mass is 574 g/mol. The van der Waals surface area contributed by atoms with Crippen LogP contribution in [0.25, 0.3) is 0 Å². The van der Waals surface area contributed by atoms with Crippen LogP contribution in [0.15, 0.2) is 12.1 Å². The standard InChI is InChI=1S/C28H48ClN2O6P/c1-10-28(31(7)8,38(33,36-11-2)37-12-3)26(32)19-23-21-18-22(29)24(35-15-13-14-34-9)16-20(21)17-25(30-23)27(4,5)6/h16,18,23,25,30H,10-15,17,19H2,1-9H3. The fraction of sp³-hybridized carbons (Fsp3) is 0.750. The van der Waals surface area contributed by atoms with Gasteiger partial charge in [0.05, 0.1) is 24.8 Å². The average molecular weight is 575 g/mol. The van der Waals surface area contributed by atoms with E-state index in [4.69, 9.17) is 30.1 Å². The number of carbonyl (C=O) groups is 1. The molecule has 3 atom stereocenters. The number of ketones is 1. The van der Waals surface area contributed by atoms with E-state index in [1.54, 1.807) is 40.0 Å². The third-order valence-corrected chi connectivity index (χ3v) is 10.7. The first kappa shape index (κ1) is 33.2. The van der Waals surface area contributed by atoms with Gasteiger partial charge in [0.15, 0.2) is 11.1 Å². The molecule has 0 fully saturated rings. The Morgan fingerprint density at radius 3 is 2.26 bits per heavy atom. The van der Waals surface area contributed by atoms with Gasteiger partial charge in [-0.15, -0.1) is 0 Å². The molecule has 10 heteroatoms. The second-order valence-electron chi connectivity index (χ2n) is 11.0. The van der Waals surface area contributed by atoms with E-state index in [9.17, 15) is 9.36 Å². The smallest absolute Gasteiger partial charge is 0.358 e. The first-order valence-corrected chi connectivity index (χ1v) is 15.5. The number of hydrogen-bond acceptors (Lipinski definition) is 8. The number of nitrogens with one attached hydrogen (secondary N) is 1. The summed E-state index contributed by atoms with van der Waals surface area (Å²) < 4.78 is 36.7. The molecule has 1 aromatic rings. The minimum absolute atomic E-state index is 0.0621. The molecule has 0 bridgehead atoms. The summed E-state index contributed by atoms with van der Waals surface area (Å²) >= 11 is 6.66. The van der Waals surface area contributed by atoms with Gasteiger partial charge in [0.25, 0.3) is 0 Å². The third kappa shape index (κ3) is 7.20. The molecule has 1 aliphatic rings. The maximum atomic E-state index is 14.2. The lowest BCUT2D eigenvalue weighted by atomic mass is 9.77. The van der Waals surface area contributed by atoms with Crippen molar-refractivity contribution in [3.05, 3.63) is 28.3 Å². The van der Waals surface area contributed by atoms with Gasteiger partial charge in [-0.3, -0.25) is 14.3 Å². The Balaban J connectivity index is 2.52. The molecule has 3 unspecified atom stereocenters. The number of fused-ring (bicyclic) bond motifs is 1. The highest BCUT2D eigenvalue weighted by Gasteiger charge is 2.57. The molecule has 2 rings (SSSR count). The molecule has 0 aliphatic carbocycles. The van der Waals surface area contributed by atoms with Crippen molar-refractivity contribution in [2.24, 2.45) is 5.41 Å². The van der Waals surface area contributed by atoms with E-state index in [0.717, 1.165) is 24.0 Å². The first-order valence-electron chi connectivity index (χ1n) is 13.6. The number of methoxy groups -OCH3 is 1. The summed E-state index contributed by atoms with van der Waals surface area (Å²) in [4.78, 5) is 15.9. The highest BCUT2D eigenvalue weighted by atomic mass is 35.5. The number of carbonyl (C=O) groups excluding carboxylic acids is 1. The first-order chi connectivity index (χ1) is 17.8. The minimum Gasteiger partial charge on any atom is -0.492 e. The van der Waals surface area contributed by atoms with Gasteiger partial charge in [0, 0.05) is 38.6 Å². The Bertz CT molecular complexity index is 973. The third-order valence-electron chi connectivity index (χ3n) is 7.31. The van der Waals surface area contributed by atoms with Crippen LogP contribution in [0.3, 0.4) is 0 Å². The minimum atomic E-state index is -3.82. The van der Waals surface area contributed by atoms with Gasteiger partial charge in [0.2, 0.25) is 0 Å². The van der Waals surface area contributed by atoms with Crippen LogP contribution in [0.4, 0.5) is 0 Å². The summed E-state index contributed by atoms with van der Waals surface area (Å²) in [6.45, 7) is 13.4. The van der Waals surface area contributed by atoms with E-state index in [1.165, 1.54) is 0 Å². The Kier molecular flexibility index (Phi) is 12.3. The summed E-state index contributed by atoms with van der Waals surface area (Å²) in [5.41, 5.74) is 1.99. The molecule has 0 saturated heterocycles. The van der Waals surface area contributed by atoms with E-state index in [2.05, 4.69) is 26.1 Å². The lowest BCUT2D eigenvalue weighted by Crippen LogP contribution is -2.53. The predicted molar refractivity (Wildman–Crippen MR) is 153 cm³/mol. The van der Waals surface area contributed by atoms with E-state index in [-0.39, 0.29) is 49.3 Å². The molecule has 0 saturated carbocycles. The van der Waals surface area contributed by atoms with Crippen LogP contribution in [0.2, 0.25) is 5.02 Å². The Labute approximate surface area is 234 Å². The van der Waals surface area contributed by atoms with Crippen LogP contribution >= 0.6 is 19.2 Å². The van der Waals surface area contributed by atoms with Gasteiger partial charge >= 0.3 is 7.60 Å². The molecule has 1 aliphatic heterocycles. The van der Waals surface area contributed by atoms with Gasteiger partial charge < -0.3 is 23.8 Å². The van der Waals surface area contributed by atoms with Crippen molar-refractivity contribution in [3.8, 4) is 5.75 Å². The van der Waals surface area contributed by atoms with E-state index < -0.39 is 12.9 Å². The number of hydrogen-bond donors (Lipinski definition) is 1. The normalized spacial score (nSPS) is 19.8. The number of nitrogens with zero attached hydrogens (tertiary/aromatic N) is 1. The summed E-state index contributed by atoms with van der Waals surface area (Å²) in [6, 6.07) is 3.70. The van der Waals surface area contributed by atoms with Crippen LogP contribution in [-0.2, 0) is 29.6 Å². The maximum Gasteiger partial charge on any atom is 0.358 e. The van der Waals surface area contributed by atoms with Crippen molar-refractivity contribution in [2.75, 3.05) is 47.6 Å². The maximum absolute atomic E-state index is 14.2. The molecule has 1 heterocycles. The van der Waals surface area contributed by atoms with Crippen LogP contribution in [0.1, 0.15) is 78.0 Å². The topological polar surface area (TPSA) is 86.3 Å². The Hall–Kier alpha value is -0.990. The number of ether oxygens (including phenoxy) is 2. The van der Waals surface area contributed by atoms with Gasteiger partial charge in [0.1, 0.15) is 5.75 Å². The van der Waals surface area contributed by atoms with Gasteiger partial charge in [-0.2, -0.15) is 0 Å². The molecule has 1 N–H and O–H groups in total. The molecule has 0 spiro atoms. The zero-order chi connectivity index (χ0) is 28.7. The summed E-state index contributed by atoms with van der Waals surface area (Å²) in [5.74, 6) is 0.443. The summed E-state index contributed by atoms with van der Waals surface area (Å²) in [5, 5.41) is 2.80. The number of halogens is 1. The lowest BCUT2D eigenvalue weighted by molar-refractivity contribution is -0.127. The van der Waals surface area contributed by atoms with Crippen molar-refractivity contribution < 1.29 is 27.9 Å². The Morgan fingerprint density at radius 1 is 1.13 bits per heavy atom. The zero-order valence-corrected chi connectivity index (χ0v) is 26.3. The van der Waals surface area contributed by atoms with Crippen LogP contribution in [-0.4, -0.2) is 69.6 Å². The summed E-state index contributed by atoms with van der Waals surface area (Å²) in [6.07, 6.45) is 1.93. The highest BCUT2D eigenvalue weighted by Crippen LogP contribution is 2.63. The fourth-order valence-corrected chi connectivity index (χ4v) is 7.92. The van der Waals surface area contributed by atoms with Gasteiger partial charge in [-0.25, -0.2) is 0 Å². The van der Waals surface area contributed by atoms with E-state index in [0.29, 0.717) is 24.0 Å². The van der Waals surface area contributed by atoms with Crippen molar-refractivity contribution >= 4 is 25.0 Å². The zero-order valence-electron chi connectivity index (χ0n) is 24.7. The molecule has 0 amide bonds. The predicted octanol–water partition coefficient (Wildman–Crippen LogP) is 6.25. The molecule has 8 nitrogen and oxygen atoms in total. The quantitative estimate of drug-likeness (QED) is 0.194. The number of benzene rings is 1. The number of Topliss-reactive ketones (excluding diaryl/α,β-unsaturated/α-hetero) is 1. The second-order valence-corrected chi connectivity index (χ2v) is 13.7. The van der Waals surface area contributed by atoms with Crippen LogP contribution in [0, 0.1) is 5.41 Å². The van der Waals surface area contributed by atoms with Crippen LogP contribution < -0.4 is 10.1 Å². The fourth-order valence-electron chi connectivity index (χ4n) is 5.24. The SMILES string of the molecule is CCOP(=O)(OCC)C(CC)(C(=O)CC1NC(C(C)(C)C)Cc2cc(OCCCOC)c(Cl)cc21)N(C)C. The molecular formula is C28H48ClN2O6P. The summed E-state index contributed by atoms with van der Waals surface area (Å²) in [7, 11) is 1.37. The average Bonchev–Trinajstić information content (AvgIpc) is 2.82. The number of likely N-dealkylation sites (N-methyl/N-ethyl adjacent to an activating group) is 1. The largest absolute Gasteiger partial charge is 0.492 e.